The van der Waals surface area contributed by atoms with Gasteiger partial charge in [0.2, 0.25) is 0 Å². The van der Waals surface area contributed by atoms with Gasteiger partial charge in [0.1, 0.15) is 0 Å². The molecule has 0 aromatic heterocycles. The van der Waals surface area contributed by atoms with Gasteiger partial charge < -0.3 is 47.0 Å². The van der Waals surface area contributed by atoms with Crippen molar-refractivity contribution in [2.45, 2.75) is 84.8 Å². The molecular weight excluding hydrogens is 631 g/mol. The molecule has 0 bridgehead atoms. The van der Waals surface area contributed by atoms with Crippen LogP contribution in [-0.4, -0.2) is 0 Å². The van der Waals surface area contributed by atoms with Crippen LogP contribution in [0.25, 0.3) is 0 Å². The second-order valence-electron chi connectivity index (χ2n) is 9.32. The van der Waals surface area contributed by atoms with Crippen LogP contribution in [-0.2, 0) is 17.1 Å². The van der Waals surface area contributed by atoms with Gasteiger partial charge in [-0.3, -0.25) is 0 Å². The second-order valence-corrected chi connectivity index (χ2v) is 14.5. The van der Waals surface area contributed by atoms with Crippen molar-refractivity contribution in [3.63, 3.8) is 0 Å². The van der Waals surface area contributed by atoms with E-state index in [1.54, 1.807) is 0 Å². The van der Waals surface area contributed by atoms with Crippen LogP contribution in [0.15, 0.2) is 141 Å². The molecule has 0 spiro atoms. The third kappa shape index (κ3) is 17.6. The predicted octanol–water partition coefficient (Wildman–Crippen LogP) is 10.3. The first-order valence-corrected chi connectivity index (χ1v) is 17.7. The average molecular weight is 673 g/mol. The molecule has 0 radical (unpaired) electrons. The molecule has 0 saturated carbocycles. The average Bonchev–Trinajstić information content (AvgIpc) is 3.00. The van der Waals surface area contributed by atoms with Crippen LogP contribution in [0.1, 0.15) is 65.2 Å². The first kappa shape index (κ1) is 39.4. The van der Waals surface area contributed by atoms with Gasteiger partial charge in [-0.1, -0.05) is 174 Å². The first-order valence-electron chi connectivity index (χ1n) is 14.4. The number of rotatable bonds is 16. The Morgan fingerprint density at radius 1 is 0.405 bits per heavy atom. The Morgan fingerprint density at radius 2 is 0.643 bits per heavy atom. The summed E-state index contributed by atoms with van der Waals surface area (Å²) in [5.41, 5.74) is 0. The van der Waals surface area contributed by atoms with E-state index in [0.717, 1.165) is 0 Å². The summed E-state index contributed by atoms with van der Waals surface area (Å²) in [6.45, 7) is 4.52. The van der Waals surface area contributed by atoms with Gasteiger partial charge in [-0.25, -0.2) is 0 Å². The van der Waals surface area contributed by atoms with E-state index in [1.807, 2.05) is 47.0 Å². The Kier molecular flexibility index (Phi) is 24.1. The van der Waals surface area contributed by atoms with Crippen LogP contribution in [0, 0.1) is 9.16 Å². The molecule has 0 saturated heterocycles. The minimum absolute atomic E-state index is 0. The van der Waals surface area contributed by atoms with Crippen molar-refractivity contribution in [3.05, 3.63) is 130 Å². The summed E-state index contributed by atoms with van der Waals surface area (Å²) in [5, 5.41) is 0. The maximum atomic E-state index is 2.26. The topological polar surface area (TPSA) is 0 Å². The Labute approximate surface area is 295 Å². The Balaban J connectivity index is 0.000000401. The van der Waals surface area contributed by atoms with Crippen molar-refractivity contribution in [2.24, 2.45) is 0 Å². The number of thioether (sulfide) groups is 4. The van der Waals surface area contributed by atoms with E-state index in [2.05, 4.69) is 135 Å². The zero-order chi connectivity index (χ0) is 28.1. The minimum Gasteiger partial charge on any atom is -0.302 e. The van der Waals surface area contributed by atoms with Crippen LogP contribution in [0.2, 0.25) is 0 Å². The fraction of sp³-hybridized carbons (Fsp3) is 0.278. The maximum Gasteiger partial charge on any atom is 1.00 e. The molecule has 0 nitrogen and oxygen atoms in total. The summed E-state index contributed by atoms with van der Waals surface area (Å²) in [7, 11) is 0. The monoisotopic (exact) mass is 672 g/mol. The van der Waals surface area contributed by atoms with Crippen LogP contribution in [0.3, 0.4) is 0 Å². The zero-order valence-electron chi connectivity index (χ0n) is 25.1. The van der Waals surface area contributed by atoms with Crippen molar-refractivity contribution in [1.82, 2.24) is 0 Å². The van der Waals surface area contributed by atoms with Gasteiger partial charge in [-0.2, -0.15) is 22.0 Å². The predicted molar refractivity (Wildman–Crippen MR) is 184 cm³/mol. The third-order valence-electron chi connectivity index (χ3n) is 5.87. The Morgan fingerprint density at radius 3 is 0.857 bits per heavy atom. The molecule has 0 atom stereocenters. The van der Waals surface area contributed by atoms with Crippen molar-refractivity contribution in [1.29, 1.82) is 0 Å². The Bertz CT molecular complexity index is 958. The van der Waals surface area contributed by atoms with E-state index in [4.69, 9.17) is 0 Å². The molecule has 4 aromatic rings. The van der Waals surface area contributed by atoms with E-state index in [9.17, 15) is 0 Å². The molecule has 4 rings (SSSR count). The summed E-state index contributed by atoms with van der Waals surface area (Å²) in [6, 6.07) is 42.7. The Hall–Kier alpha value is -0.603. The molecule has 0 amide bonds. The van der Waals surface area contributed by atoms with Gasteiger partial charge in [0, 0.05) is 0 Å². The number of benzene rings is 4. The van der Waals surface area contributed by atoms with Gasteiger partial charge in [0.05, 0.1) is 0 Å². The largest absolute Gasteiger partial charge is 1.00 e. The van der Waals surface area contributed by atoms with Crippen molar-refractivity contribution < 1.29 is 35.9 Å². The van der Waals surface area contributed by atoms with Gasteiger partial charge >= 0.3 is 35.9 Å². The number of unbranched alkanes of at least 4 members (excludes halogenated alkanes) is 4. The van der Waals surface area contributed by atoms with Crippen molar-refractivity contribution >= 4 is 47.0 Å². The maximum absolute atomic E-state index is 2.26. The molecule has 4 aromatic carbocycles. The van der Waals surface area contributed by atoms with Gasteiger partial charge in [0.15, 0.2) is 0 Å². The fourth-order valence-electron chi connectivity index (χ4n) is 3.76. The molecule has 6 heteroatoms. The summed E-state index contributed by atoms with van der Waals surface area (Å²) >= 11 is 7.65. The SMILES string of the molecule is CCCCC[C-](Sc1ccccc1)Sc1ccccc1.CCCCC[C-](Sc1ccccc1)Sc1ccccc1.[Cu+].[Li+]. The van der Waals surface area contributed by atoms with E-state index in [-0.39, 0.29) is 35.9 Å². The molecule has 0 N–H and O–H groups in total. The van der Waals surface area contributed by atoms with Crippen LogP contribution in [0.4, 0.5) is 0 Å². The molecule has 0 aliphatic carbocycles. The van der Waals surface area contributed by atoms with E-state index >= 15 is 0 Å². The summed E-state index contributed by atoms with van der Waals surface area (Å²) < 4.78 is 2.99. The molecule has 0 fully saturated rings. The normalized spacial score (nSPS) is 10.4. The van der Waals surface area contributed by atoms with Crippen LogP contribution >= 0.6 is 47.0 Å². The van der Waals surface area contributed by atoms with Gasteiger partial charge in [-0.05, 0) is 19.6 Å². The molecule has 42 heavy (non-hydrogen) atoms. The van der Waals surface area contributed by atoms with Crippen molar-refractivity contribution in [3.8, 4) is 0 Å². The zero-order valence-corrected chi connectivity index (χ0v) is 29.3. The molecular formula is C36H42CuLiS4. The van der Waals surface area contributed by atoms with Gasteiger partial charge in [0.25, 0.3) is 0 Å². The second kappa shape index (κ2) is 25.7. The summed E-state index contributed by atoms with van der Waals surface area (Å²) in [6.07, 6.45) is 10.1. The molecule has 0 aliphatic heterocycles. The van der Waals surface area contributed by atoms with Gasteiger partial charge in [-0.15, -0.1) is 0 Å². The number of hydrogen-bond donors (Lipinski definition) is 0. The smallest absolute Gasteiger partial charge is 0.302 e. The summed E-state index contributed by atoms with van der Waals surface area (Å²) in [4.78, 5) is 5.34. The molecule has 0 heterocycles. The summed E-state index contributed by atoms with van der Waals surface area (Å²) in [5.74, 6) is 0. The minimum atomic E-state index is 0. The van der Waals surface area contributed by atoms with Crippen LogP contribution in [0.5, 0.6) is 0 Å². The quantitative estimate of drug-likeness (QED) is 0.0502. The standard InChI is InChI=1S/2C18H21S2.Cu.Li/c2*1-2-3-6-15-18(19-16-11-7-4-8-12-16)20-17-13-9-5-10-14-17;;/h2*4-5,7-14H,2-3,6,15H2,1H3;;/q2*-1;2*+1. The fourth-order valence-corrected chi connectivity index (χ4v) is 8.46. The first-order chi connectivity index (χ1) is 19.8. The third-order valence-corrected chi connectivity index (χ3v) is 10.6. The van der Waals surface area contributed by atoms with Crippen LogP contribution < -0.4 is 18.9 Å². The molecule has 0 unspecified atom stereocenters. The van der Waals surface area contributed by atoms with E-state index in [1.165, 1.54) is 80.1 Å². The van der Waals surface area contributed by atoms with Crippen molar-refractivity contribution in [2.75, 3.05) is 0 Å². The molecule has 222 valence electrons. The molecule has 0 aliphatic rings. The number of hydrogen-bond acceptors (Lipinski definition) is 4. The van der Waals surface area contributed by atoms with E-state index in [0.29, 0.717) is 0 Å². The van der Waals surface area contributed by atoms with E-state index < -0.39 is 0 Å².